The first-order valence-electron chi connectivity index (χ1n) is 6.80. The van der Waals surface area contributed by atoms with Crippen molar-refractivity contribution in [2.45, 2.75) is 31.7 Å². The highest BCUT2D eigenvalue weighted by molar-refractivity contribution is 9.10. The van der Waals surface area contributed by atoms with Crippen molar-refractivity contribution in [2.75, 3.05) is 0 Å². The molecule has 1 atom stereocenters. The first-order valence-corrected chi connectivity index (χ1v) is 7.60. The second-order valence-corrected chi connectivity index (χ2v) is 6.46. The van der Waals surface area contributed by atoms with E-state index in [2.05, 4.69) is 77.7 Å². The summed E-state index contributed by atoms with van der Waals surface area (Å²) in [7, 11) is 0. The van der Waals surface area contributed by atoms with Crippen molar-refractivity contribution in [3.05, 3.63) is 70.2 Å². The third kappa shape index (κ3) is 3.29. The van der Waals surface area contributed by atoms with Gasteiger partial charge in [0.15, 0.2) is 0 Å². The molecule has 2 aromatic carbocycles. The van der Waals surface area contributed by atoms with Crippen molar-refractivity contribution < 1.29 is 0 Å². The largest absolute Gasteiger partial charge is 0.271 e. The Morgan fingerprint density at radius 1 is 1.05 bits per heavy atom. The zero-order valence-corrected chi connectivity index (χ0v) is 13.5. The van der Waals surface area contributed by atoms with Gasteiger partial charge in [0, 0.05) is 15.9 Å². The number of rotatable bonds is 5. The summed E-state index contributed by atoms with van der Waals surface area (Å²) in [4.78, 5) is 0. The van der Waals surface area contributed by atoms with Gasteiger partial charge in [-0.05, 0) is 23.6 Å². The Balaban J connectivity index is 2.26. The Morgan fingerprint density at radius 2 is 1.65 bits per heavy atom. The molecule has 20 heavy (non-hydrogen) atoms. The molecular formula is C17H21BrN2. The van der Waals surface area contributed by atoms with E-state index in [1.54, 1.807) is 0 Å². The van der Waals surface area contributed by atoms with E-state index in [9.17, 15) is 0 Å². The molecule has 0 radical (unpaired) electrons. The number of halogens is 1. The van der Waals surface area contributed by atoms with Crippen LogP contribution >= 0.6 is 15.9 Å². The van der Waals surface area contributed by atoms with Crippen molar-refractivity contribution in [1.82, 2.24) is 5.43 Å². The van der Waals surface area contributed by atoms with Crippen LogP contribution in [0.2, 0.25) is 0 Å². The average Bonchev–Trinajstić information content (AvgIpc) is 2.47. The number of benzene rings is 2. The molecule has 0 saturated carbocycles. The Morgan fingerprint density at radius 3 is 2.25 bits per heavy atom. The smallest absolute Gasteiger partial charge is 0.0342 e. The Labute approximate surface area is 129 Å². The molecule has 2 rings (SSSR count). The molecule has 0 aromatic heterocycles. The molecule has 3 heteroatoms. The lowest BCUT2D eigenvalue weighted by Crippen LogP contribution is -2.49. The minimum absolute atomic E-state index is 0.0503. The van der Waals surface area contributed by atoms with Gasteiger partial charge >= 0.3 is 0 Å². The van der Waals surface area contributed by atoms with Crippen molar-refractivity contribution in [3.8, 4) is 0 Å². The van der Waals surface area contributed by atoms with Crippen LogP contribution in [0.25, 0.3) is 0 Å². The van der Waals surface area contributed by atoms with Gasteiger partial charge in [-0.3, -0.25) is 11.3 Å². The van der Waals surface area contributed by atoms with Gasteiger partial charge in [0.05, 0.1) is 0 Å². The maximum atomic E-state index is 5.83. The third-order valence-electron chi connectivity index (χ3n) is 3.97. The molecule has 0 spiro atoms. The standard InChI is InChI=1S/C17H21BrN2/c1-17(2,14-9-4-3-5-10-14)16(20-19)12-13-8-6-7-11-15(13)18/h3-11,16,20H,12,19H2,1-2H3. The molecule has 106 valence electrons. The summed E-state index contributed by atoms with van der Waals surface area (Å²) in [5.41, 5.74) is 5.50. The first kappa shape index (κ1) is 15.2. The predicted molar refractivity (Wildman–Crippen MR) is 88.4 cm³/mol. The lowest BCUT2D eigenvalue weighted by atomic mass is 9.76. The topological polar surface area (TPSA) is 38.0 Å². The lowest BCUT2D eigenvalue weighted by molar-refractivity contribution is 0.341. The van der Waals surface area contributed by atoms with Gasteiger partial charge in [0.25, 0.3) is 0 Å². The first-order chi connectivity index (χ1) is 9.55. The maximum Gasteiger partial charge on any atom is 0.0342 e. The van der Waals surface area contributed by atoms with Crippen LogP contribution in [0, 0.1) is 0 Å². The molecule has 0 saturated heterocycles. The normalized spacial score (nSPS) is 13.2. The van der Waals surface area contributed by atoms with Crippen LogP contribution in [0.5, 0.6) is 0 Å². The number of nitrogens with two attached hydrogens (primary N) is 1. The third-order valence-corrected chi connectivity index (χ3v) is 4.75. The predicted octanol–water partition coefficient (Wildman–Crippen LogP) is 3.80. The van der Waals surface area contributed by atoms with E-state index in [0.29, 0.717) is 0 Å². The van der Waals surface area contributed by atoms with E-state index in [4.69, 9.17) is 5.84 Å². The summed E-state index contributed by atoms with van der Waals surface area (Å²) in [6.45, 7) is 4.45. The van der Waals surface area contributed by atoms with Gasteiger partial charge in [-0.25, -0.2) is 0 Å². The second-order valence-electron chi connectivity index (χ2n) is 5.60. The van der Waals surface area contributed by atoms with Crippen molar-refractivity contribution in [2.24, 2.45) is 5.84 Å². The van der Waals surface area contributed by atoms with E-state index < -0.39 is 0 Å². The van der Waals surface area contributed by atoms with Crippen LogP contribution in [0.1, 0.15) is 25.0 Å². The van der Waals surface area contributed by atoms with Gasteiger partial charge in [-0.1, -0.05) is 78.3 Å². The molecule has 0 fully saturated rings. The highest BCUT2D eigenvalue weighted by Crippen LogP contribution is 2.30. The van der Waals surface area contributed by atoms with Crippen LogP contribution in [0.15, 0.2) is 59.1 Å². The molecule has 2 nitrogen and oxygen atoms in total. The van der Waals surface area contributed by atoms with Gasteiger partial charge in [0.1, 0.15) is 0 Å². The molecule has 0 bridgehead atoms. The molecule has 0 heterocycles. The van der Waals surface area contributed by atoms with Gasteiger partial charge in [-0.2, -0.15) is 0 Å². The van der Waals surface area contributed by atoms with Crippen LogP contribution < -0.4 is 11.3 Å². The highest BCUT2D eigenvalue weighted by atomic mass is 79.9. The highest BCUT2D eigenvalue weighted by Gasteiger charge is 2.30. The van der Waals surface area contributed by atoms with E-state index in [1.807, 2.05) is 12.1 Å². The zero-order chi connectivity index (χ0) is 14.6. The van der Waals surface area contributed by atoms with Gasteiger partial charge < -0.3 is 0 Å². The lowest BCUT2D eigenvalue weighted by Gasteiger charge is -2.35. The Hall–Kier alpha value is -1.16. The quantitative estimate of drug-likeness (QED) is 0.645. The summed E-state index contributed by atoms with van der Waals surface area (Å²) in [5, 5.41) is 0. The second kappa shape index (κ2) is 6.53. The Bertz CT molecular complexity index is 552. The van der Waals surface area contributed by atoms with Gasteiger partial charge in [0.2, 0.25) is 0 Å². The van der Waals surface area contributed by atoms with Crippen molar-refractivity contribution in [1.29, 1.82) is 0 Å². The SMILES string of the molecule is CC(C)(c1ccccc1)C(Cc1ccccc1Br)NN. The molecule has 3 N–H and O–H groups in total. The summed E-state index contributed by atoms with van der Waals surface area (Å²) in [6, 6.07) is 18.9. The van der Waals surface area contributed by atoms with E-state index in [1.165, 1.54) is 11.1 Å². The van der Waals surface area contributed by atoms with Gasteiger partial charge in [-0.15, -0.1) is 0 Å². The number of hydrogen-bond acceptors (Lipinski definition) is 2. The van der Waals surface area contributed by atoms with E-state index >= 15 is 0 Å². The summed E-state index contributed by atoms with van der Waals surface area (Å²) >= 11 is 3.61. The number of hydrogen-bond donors (Lipinski definition) is 2. The van der Waals surface area contributed by atoms with Crippen molar-refractivity contribution >= 4 is 15.9 Å². The number of hydrazine groups is 1. The fourth-order valence-corrected chi connectivity index (χ4v) is 2.92. The maximum absolute atomic E-state index is 5.83. The monoisotopic (exact) mass is 332 g/mol. The van der Waals surface area contributed by atoms with Crippen LogP contribution in [0.4, 0.5) is 0 Å². The molecule has 1 unspecified atom stereocenters. The minimum Gasteiger partial charge on any atom is -0.271 e. The summed E-state index contributed by atoms with van der Waals surface area (Å²) < 4.78 is 1.13. The van der Waals surface area contributed by atoms with Crippen molar-refractivity contribution in [3.63, 3.8) is 0 Å². The van der Waals surface area contributed by atoms with Crippen LogP contribution in [0.3, 0.4) is 0 Å². The van der Waals surface area contributed by atoms with E-state index in [-0.39, 0.29) is 11.5 Å². The summed E-state index contributed by atoms with van der Waals surface area (Å²) in [6.07, 6.45) is 0.875. The fourth-order valence-electron chi connectivity index (χ4n) is 2.48. The van der Waals surface area contributed by atoms with E-state index in [0.717, 1.165) is 10.9 Å². The molecule has 0 aliphatic carbocycles. The van der Waals surface area contributed by atoms with Crippen LogP contribution in [-0.2, 0) is 11.8 Å². The zero-order valence-electron chi connectivity index (χ0n) is 11.9. The molecule has 2 aromatic rings. The van der Waals surface area contributed by atoms with Crippen LogP contribution in [-0.4, -0.2) is 6.04 Å². The summed E-state index contributed by atoms with van der Waals surface area (Å²) in [5.74, 6) is 5.83. The molecule has 0 aliphatic heterocycles. The molecular weight excluding hydrogens is 312 g/mol. The number of nitrogens with one attached hydrogen (secondary N) is 1. The minimum atomic E-state index is -0.0503. The fraction of sp³-hybridized carbons (Fsp3) is 0.294. The molecule has 0 aliphatic rings. The molecule has 0 amide bonds. The Kier molecular flexibility index (Phi) is 4.97. The average molecular weight is 333 g/mol.